The zero-order valence-corrected chi connectivity index (χ0v) is 16.7. The van der Waals surface area contributed by atoms with E-state index in [9.17, 15) is 0 Å². The van der Waals surface area contributed by atoms with E-state index in [0.717, 1.165) is 47.8 Å². The SMILES string of the molecule is CC.Cc1nc(N2CCN(C)CC2)c2cc(C)c(Br)c(C)c2n1. The molecule has 3 rings (SSSR count). The summed E-state index contributed by atoms with van der Waals surface area (Å²) in [5, 5.41) is 1.17. The van der Waals surface area contributed by atoms with Crippen LogP contribution < -0.4 is 4.90 Å². The number of hydrogen-bond acceptors (Lipinski definition) is 4. The van der Waals surface area contributed by atoms with Gasteiger partial charge in [0.2, 0.25) is 0 Å². The van der Waals surface area contributed by atoms with Gasteiger partial charge in [0.15, 0.2) is 0 Å². The summed E-state index contributed by atoms with van der Waals surface area (Å²) in [5.41, 5.74) is 3.50. The third-order valence-corrected chi connectivity index (χ3v) is 5.45. The van der Waals surface area contributed by atoms with Gasteiger partial charge >= 0.3 is 0 Å². The van der Waals surface area contributed by atoms with Gasteiger partial charge in [-0.05, 0) is 45.0 Å². The van der Waals surface area contributed by atoms with E-state index in [4.69, 9.17) is 4.98 Å². The first-order chi connectivity index (χ1) is 11.0. The zero-order chi connectivity index (χ0) is 17.1. The number of hydrogen-bond donors (Lipinski definition) is 0. The van der Waals surface area contributed by atoms with E-state index in [1.54, 1.807) is 0 Å². The highest BCUT2D eigenvalue weighted by molar-refractivity contribution is 9.10. The Balaban J connectivity index is 0.000000924. The number of fused-ring (bicyclic) bond motifs is 1. The van der Waals surface area contributed by atoms with Crippen LogP contribution in [0.25, 0.3) is 10.9 Å². The summed E-state index contributed by atoms with van der Waals surface area (Å²) < 4.78 is 1.15. The number of aryl methyl sites for hydroxylation is 3. The van der Waals surface area contributed by atoms with Crippen molar-refractivity contribution in [3.05, 3.63) is 27.5 Å². The molecule has 5 heteroatoms. The maximum atomic E-state index is 4.74. The first-order valence-corrected chi connectivity index (χ1v) is 9.14. The van der Waals surface area contributed by atoms with E-state index in [-0.39, 0.29) is 0 Å². The molecule has 0 amide bonds. The minimum absolute atomic E-state index is 0.843. The molecule has 0 spiro atoms. The highest BCUT2D eigenvalue weighted by atomic mass is 79.9. The number of benzene rings is 1. The number of aromatic nitrogens is 2. The topological polar surface area (TPSA) is 32.3 Å². The molecule has 0 atom stereocenters. The molecule has 0 unspecified atom stereocenters. The summed E-state index contributed by atoms with van der Waals surface area (Å²) >= 11 is 3.67. The largest absolute Gasteiger partial charge is 0.353 e. The van der Waals surface area contributed by atoms with Crippen LogP contribution in [0, 0.1) is 20.8 Å². The molecule has 1 saturated heterocycles. The lowest BCUT2D eigenvalue weighted by atomic mass is 10.1. The summed E-state index contributed by atoms with van der Waals surface area (Å²) in [4.78, 5) is 14.2. The molecule has 0 bridgehead atoms. The van der Waals surface area contributed by atoms with Crippen molar-refractivity contribution in [2.75, 3.05) is 38.1 Å². The highest BCUT2D eigenvalue weighted by Gasteiger charge is 2.20. The molecule has 1 aliphatic rings. The third-order valence-electron chi connectivity index (χ3n) is 4.23. The Labute approximate surface area is 148 Å². The molecule has 4 nitrogen and oxygen atoms in total. The average molecular weight is 379 g/mol. The van der Waals surface area contributed by atoms with Crippen molar-refractivity contribution in [3.63, 3.8) is 0 Å². The van der Waals surface area contributed by atoms with Crippen LogP contribution >= 0.6 is 15.9 Å². The molecule has 0 radical (unpaired) electrons. The van der Waals surface area contributed by atoms with E-state index in [2.05, 4.69) is 57.7 Å². The van der Waals surface area contributed by atoms with Crippen LogP contribution in [0.4, 0.5) is 5.82 Å². The first kappa shape index (κ1) is 18.1. The van der Waals surface area contributed by atoms with Gasteiger partial charge in [-0.25, -0.2) is 9.97 Å². The monoisotopic (exact) mass is 378 g/mol. The van der Waals surface area contributed by atoms with Gasteiger partial charge in [0, 0.05) is 36.0 Å². The fourth-order valence-corrected chi connectivity index (χ4v) is 3.23. The molecule has 23 heavy (non-hydrogen) atoms. The Morgan fingerprint density at radius 3 is 2.22 bits per heavy atom. The predicted octanol–water partition coefficient (Wildman–Crippen LogP) is 4.10. The molecular formula is C18H27BrN4. The fourth-order valence-electron chi connectivity index (χ4n) is 2.92. The average Bonchev–Trinajstić information content (AvgIpc) is 2.56. The van der Waals surface area contributed by atoms with Gasteiger partial charge in [-0.2, -0.15) is 0 Å². The molecule has 0 aliphatic carbocycles. The number of nitrogens with zero attached hydrogens (tertiary/aromatic N) is 4. The van der Waals surface area contributed by atoms with Crippen LogP contribution in [-0.2, 0) is 0 Å². The molecule has 1 aliphatic heterocycles. The lowest BCUT2D eigenvalue weighted by Gasteiger charge is -2.34. The molecule has 1 fully saturated rings. The Morgan fingerprint density at radius 1 is 1.00 bits per heavy atom. The quantitative estimate of drug-likeness (QED) is 0.747. The fraction of sp³-hybridized carbons (Fsp3) is 0.556. The number of halogens is 1. The molecule has 2 heterocycles. The van der Waals surface area contributed by atoms with E-state index in [1.807, 2.05) is 20.8 Å². The lowest BCUT2D eigenvalue weighted by molar-refractivity contribution is 0.312. The van der Waals surface area contributed by atoms with E-state index >= 15 is 0 Å². The van der Waals surface area contributed by atoms with Crippen LogP contribution in [0.2, 0.25) is 0 Å². The van der Waals surface area contributed by atoms with E-state index < -0.39 is 0 Å². The van der Waals surface area contributed by atoms with Crippen LogP contribution in [0.3, 0.4) is 0 Å². The molecule has 0 saturated carbocycles. The Bertz CT molecular complexity index is 691. The molecule has 2 aromatic rings. The van der Waals surface area contributed by atoms with Crippen LogP contribution in [0.5, 0.6) is 0 Å². The summed E-state index contributed by atoms with van der Waals surface area (Å²) in [7, 11) is 2.17. The third kappa shape index (κ3) is 3.66. The molecule has 126 valence electrons. The number of anilines is 1. The van der Waals surface area contributed by atoms with E-state index in [1.165, 1.54) is 16.5 Å². The summed E-state index contributed by atoms with van der Waals surface area (Å²) in [5.74, 6) is 1.93. The highest BCUT2D eigenvalue weighted by Crippen LogP contribution is 2.33. The van der Waals surface area contributed by atoms with Crippen molar-refractivity contribution in [3.8, 4) is 0 Å². The van der Waals surface area contributed by atoms with Crippen molar-refractivity contribution in [2.45, 2.75) is 34.6 Å². The minimum atomic E-state index is 0.843. The van der Waals surface area contributed by atoms with Gasteiger partial charge in [0.25, 0.3) is 0 Å². The summed E-state index contributed by atoms with van der Waals surface area (Å²) in [6, 6.07) is 2.21. The second-order valence-corrected chi connectivity index (χ2v) is 6.71. The van der Waals surface area contributed by atoms with Gasteiger partial charge in [-0.3, -0.25) is 0 Å². The van der Waals surface area contributed by atoms with Crippen molar-refractivity contribution in [1.82, 2.24) is 14.9 Å². The second kappa shape index (κ2) is 7.58. The van der Waals surface area contributed by atoms with Gasteiger partial charge in [0.05, 0.1) is 5.52 Å². The van der Waals surface area contributed by atoms with Crippen molar-refractivity contribution in [2.24, 2.45) is 0 Å². The Hall–Kier alpha value is -1.20. The molecule has 0 N–H and O–H groups in total. The number of piperazine rings is 1. The molecular weight excluding hydrogens is 352 g/mol. The van der Waals surface area contributed by atoms with Gasteiger partial charge < -0.3 is 9.80 Å². The predicted molar refractivity (Wildman–Crippen MR) is 103 cm³/mol. The summed E-state index contributed by atoms with van der Waals surface area (Å²) in [6.07, 6.45) is 0. The minimum Gasteiger partial charge on any atom is -0.353 e. The van der Waals surface area contributed by atoms with Crippen LogP contribution in [0.15, 0.2) is 10.5 Å². The normalized spacial score (nSPS) is 15.5. The maximum Gasteiger partial charge on any atom is 0.140 e. The van der Waals surface area contributed by atoms with Crippen LogP contribution in [-0.4, -0.2) is 48.1 Å². The van der Waals surface area contributed by atoms with E-state index in [0.29, 0.717) is 0 Å². The van der Waals surface area contributed by atoms with Crippen molar-refractivity contribution < 1.29 is 0 Å². The van der Waals surface area contributed by atoms with Gasteiger partial charge in [-0.1, -0.05) is 29.8 Å². The lowest BCUT2D eigenvalue weighted by Crippen LogP contribution is -2.45. The van der Waals surface area contributed by atoms with Gasteiger partial charge in [0.1, 0.15) is 11.6 Å². The standard InChI is InChI=1S/C16H21BrN4.C2H6/c1-10-9-13-15(11(2)14(10)17)18-12(3)19-16(13)21-7-5-20(4)6-8-21;1-2/h9H,5-8H2,1-4H3;1-2H3. The first-order valence-electron chi connectivity index (χ1n) is 8.35. The summed E-state index contributed by atoms with van der Waals surface area (Å²) in [6.45, 7) is 14.4. The number of rotatable bonds is 1. The Morgan fingerprint density at radius 2 is 1.61 bits per heavy atom. The molecule has 1 aromatic carbocycles. The Kier molecular flexibility index (Phi) is 5.98. The van der Waals surface area contributed by atoms with Crippen molar-refractivity contribution >= 4 is 32.7 Å². The van der Waals surface area contributed by atoms with Crippen LogP contribution in [0.1, 0.15) is 30.8 Å². The second-order valence-electron chi connectivity index (χ2n) is 5.91. The molecule has 1 aromatic heterocycles. The number of likely N-dealkylation sites (N-methyl/N-ethyl adjacent to an activating group) is 1. The maximum absolute atomic E-state index is 4.74. The zero-order valence-electron chi connectivity index (χ0n) is 15.1. The van der Waals surface area contributed by atoms with Crippen molar-refractivity contribution in [1.29, 1.82) is 0 Å². The van der Waals surface area contributed by atoms with Gasteiger partial charge in [-0.15, -0.1) is 0 Å². The smallest absolute Gasteiger partial charge is 0.140 e.